The lowest BCUT2D eigenvalue weighted by molar-refractivity contribution is -0.143. The molecule has 0 radical (unpaired) electrons. The largest absolute Gasteiger partial charge is 0.481 e. The summed E-state index contributed by atoms with van der Waals surface area (Å²) in [5.74, 6) is -0.268. The number of benzene rings is 3. The first-order chi connectivity index (χ1) is 24.8. The van der Waals surface area contributed by atoms with Crippen molar-refractivity contribution in [3.05, 3.63) is 99.0 Å². The number of carboxylic acids is 1. The lowest BCUT2D eigenvalue weighted by Crippen LogP contribution is -2.38. The Labute approximate surface area is 308 Å². The van der Waals surface area contributed by atoms with E-state index in [2.05, 4.69) is 69.0 Å². The van der Waals surface area contributed by atoms with Crippen molar-refractivity contribution >= 4 is 35.1 Å². The van der Waals surface area contributed by atoms with Gasteiger partial charge in [0.05, 0.1) is 18.1 Å². The van der Waals surface area contributed by atoms with E-state index in [1.165, 1.54) is 11.1 Å². The normalized spacial score (nSPS) is 20.2. The highest BCUT2D eigenvalue weighted by molar-refractivity contribution is 6.36. The molecule has 2 saturated heterocycles. The Morgan fingerprint density at radius 3 is 2.55 bits per heavy atom. The summed E-state index contributed by atoms with van der Waals surface area (Å²) in [5, 5.41) is 17.0. The minimum atomic E-state index is -0.759. The van der Waals surface area contributed by atoms with Crippen molar-refractivity contribution in [3.8, 4) is 34.0 Å². The minimum Gasteiger partial charge on any atom is -0.481 e. The van der Waals surface area contributed by atoms with Gasteiger partial charge in [-0.2, -0.15) is 4.98 Å². The third-order valence-corrected chi connectivity index (χ3v) is 10.9. The number of ether oxygens (including phenoxy) is 2. The zero-order chi connectivity index (χ0) is 35.5. The smallest absolute Gasteiger partial charge is 0.307 e. The van der Waals surface area contributed by atoms with Gasteiger partial charge < -0.3 is 25.2 Å². The molecule has 1 aliphatic carbocycles. The van der Waals surface area contributed by atoms with E-state index in [1.54, 1.807) is 7.11 Å². The molecule has 0 spiro atoms. The number of hydrogen-bond acceptors (Lipinski definition) is 7. The van der Waals surface area contributed by atoms with Gasteiger partial charge in [0.15, 0.2) is 0 Å². The Bertz CT molecular complexity index is 1920. The zero-order valence-electron chi connectivity index (χ0n) is 28.6. The number of carbonyl (C=O) groups excluding carboxylic acids is 1. The molecule has 3 N–H and O–H groups in total. The van der Waals surface area contributed by atoms with E-state index in [9.17, 15) is 14.7 Å². The number of piperidine rings is 1. The maximum absolute atomic E-state index is 11.6. The number of rotatable bonds is 12. The highest BCUT2D eigenvalue weighted by atomic mass is 35.5. The average molecular weight is 730 g/mol. The number of carbonyl (C=O) groups is 2. The van der Waals surface area contributed by atoms with Crippen LogP contribution < -0.4 is 20.1 Å². The molecule has 3 heterocycles. The molecule has 0 unspecified atom stereocenters. The van der Waals surface area contributed by atoms with Gasteiger partial charge in [-0.25, -0.2) is 0 Å². The van der Waals surface area contributed by atoms with Crippen LogP contribution in [0.25, 0.3) is 22.3 Å². The highest BCUT2D eigenvalue weighted by Crippen LogP contribution is 2.44. The fourth-order valence-electron chi connectivity index (χ4n) is 7.62. The third-order valence-electron chi connectivity index (χ3n) is 10.3. The van der Waals surface area contributed by atoms with Crippen LogP contribution in [0.15, 0.2) is 66.7 Å². The lowest BCUT2D eigenvalue weighted by atomic mass is 9.93. The van der Waals surface area contributed by atoms with E-state index in [4.69, 9.17) is 32.7 Å². The van der Waals surface area contributed by atoms with Crippen molar-refractivity contribution in [2.45, 2.75) is 63.8 Å². The number of methoxy groups -OCH3 is 1. The van der Waals surface area contributed by atoms with Gasteiger partial charge in [-0.05, 0) is 72.5 Å². The van der Waals surface area contributed by atoms with Crippen molar-refractivity contribution in [3.63, 3.8) is 0 Å². The van der Waals surface area contributed by atoms with Crippen molar-refractivity contribution in [2.24, 2.45) is 5.92 Å². The van der Waals surface area contributed by atoms with Crippen molar-refractivity contribution in [1.29, 1.82) is 0 Å². The van der Waals surface area contributed by atoms with E-state index < -0.39 is 5.97 Å². The number of aliphatic carboxylic acids is 1. The van der Waals surface area contributed by atoms with Gasteiger partial charge in [0, 0.05) is 55.3 Å². The summed E-state index contributed by atoms with van der Waals surface area (Å²) in [6.45, 7) is 3.28. The summed E-state index contributed by atoms with van der Waals surface area (Å²) in [5.41, 5.74) is 8.31. The molecule has 3 atom stereocenters. The molecular weight excluding hydrogens is 687 g/mol. The molecule has 3 aliphatic rings. The van der Waals surface area contributed by atoms with Crippen LogP contribution in [0.4, 0.5) is 0 Å². The number of amides is 1. The molecule has 51 heavy (non-hydrogen) atoms. The van der Waals surface area contributed by atoms with Gasteiger partial charge in [0.1, 0.15) is 11.1 Å². The first-order valence-electron chi connectivity index (χ1n) is 17.6. The van der Waals surface area contributed by atoms with Crippen molar-refractivity contribution < 1.29 is 24.2 Å². The maximum Gasteiger partial charge on any atom is 0.307 e. The Morgan fingerprint density at radius 1 is 1.00 bits per heavy atom. The summed E-state index contributed by atoms with van der Waals surface area (Å²) >= 11 is 13.9. The number of nitrogens with one attached hydrogen (secondary N) is 2. The fourth-order valence-corrected chi connectivity index (χ4v) is 8.18. The molecule has 3 aromatic carbocycles. The van der Waals surface area contributed by atoms with Gasteiger partial charge in [-0.3, -0.25) is 14.5 Å². The number of nitrogens with zero attached hydrogens (tertiary/aromatic N) is 2. The molecule has 7 rings (SSSR count). The molecule has 0 bridgehead atoms. The van der Waals surface area contributed by atoms with E-state index in [0.29, 0.717) is 47.7 Å². The first-order valence-corrected chi connectivity index (χ1v) is 18.4. The number of carboxylic acid groups (broad SMARTS) is 1. The Balaban J connectivity index is 1.05. The Kier molecular flexibility index (Phi) is 10.8. The Hall–Kier alpha value is -4.15. The second-order valence-corrected chi connectivity index (χ2v) is 14.5. The monoisotopic (exact) mass is 728 g/mol. The summed E-state index contributed by atoms with van der Waals surface area (Å²) in [7, 11) is 1.57. The van der Waals surface area contributed by atoms with Crippen LogP contribution in [0.2, 0.25) is 10.0 Å². The van der Waals surface area contributed by atoms with Gasteiger partial charge in [0.2, 0.25) is 17.7 Å². The van der Waals surface area contributed by atoms with Crippen LogP contribution in [0.5, 0.6) is 11.8 Å². The van der Waals surface area contributed by atoms with Gasteiger partial charge in [-0.1, -0.05) is 83.9 Å². The lowest BCUT2D eigenvalue weighted by Gasteiger charge is -2.30. The second-order valence-electron chi connectivity index (χ2n) is 13.7. The van der Waals surface area contributed by atoms with Gasteiger partial charge in [-0.15, -0.1) is 0 Å². The summed E-state index contributed by atoms with van der Waals surface area (Å²) in [6.07, 6.45) is 4.34. The second kappa shape index (κ2) is 15.6. The molecule has 266 valence electrons. The van der Waals surface area contributed by atoms with Crippen molar-refractivity contribution in [2.75, 3.05) is 26.7 Å². The van der Waals surface area contributed by atoms with E-state index in [-0.39, 0.29) is 24.0 Å². The predicted molar refractivity (Wildman–Crippen MR) is 198 cm³/mol. The molecule has 9 nitrogen and oxygen atoms in total. The number of pyridine rings is 1. The quantitative estimate of drug-likeness (QED) is 0.138. The molecule has 2 aliphatic heterocycles. The Morgan fingerprint density at radius 2 is 1.78 bits per heavy atom. The van der Waals surface area contributed by atoms with Crippen LogP contribution in [0.1, 0.15) is 60.5 Å². The summed E-state index contributed by atoms with van der Waals surface area (Å²) in [4.78, 5) is 29.8. The van der Waals surface area contributed by atoms with Crippen LogP contribution in [-0.2, 0) is 29.1 Å². The van der Waals surface area contributed by atoms with Crippen molar-refractivity contribution in [1.82, 2.24) is 20.5 Å². The van der Waals surface area contributed by atoms with E-state index in [0.717, 1.165) is 78.7 Å². The number of likely N-dealkylation sites (tertiary alicyclic amines) is 1. The van der Waals surface area contributed by atoms with Crippen LogP contribution in [-0.4, -0.2) is 59.7 Å². The number of hydrogen-bond donors (Lipinski definition) is 3. The molecule has 1 aromatic heterocycles. The minimum absolute atomic E-state index is 0.132. The van der Waals surface area contributed by atoms with Gasteiger partial charge >= 0.3 is 5.97 Å². The standard InChI is InChI=1S/C40H42Cl2N4O5/c1-50-38-27(23-46-18-4-5-26(22-46)40(48)49)19-34(41)39(45-38)51-35-16-15-31-30(7-3-8-32(31)35)33-9-2-6-29(37(33)42)25-12-10-24(11-13-25)20-43-21-28-14-17-36(47)44-28/h2-3,6-13,19,26,28,35,43H,4-5,14-18,20-23H2,1H3,(H,44,47)(H,48,49)/t26-,28-,35-/m0/s1. The van der Waals surface area contributed by atoms with E-state index in [1.807, 2.05) is 18.2 Å². The van der Waals surface area contributed by atoms with Gasteiger partial charge in [0.25, 0.3) is 0 Å². The summed E-state index contributed by atoms with van der Waals surface area (Å²) < 4.78 is 12.1. The molecule has 4 aromatic rings. The first kappa shape index (κ1) is 35.3. The summed E-state index contributed by atoms with van der Waals surface area (Å²) in [6, 6.07) is 22.9. The number of halogens is 2. The van der Waals surface area contributed by atoms with Crippen LogP contribution >= 0.6 is 23.2 Å². The van der Waals surface area contributed by atoms with Crippen LogP contribution in [0, 0.1) is 5.92 Å². The third kappa shape index (κ3) is 7.87. The zero-order valence-corrected chi connectivity index (χ0v) is 30.1. The predicted octanol–water partition coefficient (Wildman–Crippen LogP) is 7.46. The number of aromatic nitrogens is 1. The SMILES string of the molecule is COc1nc(O[C@H]2CCc3c(-c4cccc(-c5ccc(CNC[C@@H]6CCC(=O)N6)cc5)c4Cl)cccc32)c(Cl)cc1CN1CCC[C@H](C(=O)O)C1. The average Bonchev–Trinajstić information content (AvgIpc) is 3.75. The molecule has 1 amide bonds. The highest BCUT2D eigenvalue weighted by Gasteiger charge is 2.30. The van der Waals surface area contributed by atoms with E-state index >= 15 is 0 Å². The molecule has 11 heteroatoms. The molecular formula is C40H42Cl2N4O5. The van der Waals surface area contributed by atoms with Crippen LogP contribution in [0.3, 0.4) is 0 Å². The number of fused-ring (bicyclic) bond motifs is 1. The maximum atomic E-state index is 11.6. The fraction of sp³-hybridized carbons (Fsp3) is 0.375. The molecule has 2 fully saturated rings. The molecule has 0 saturated carbocycles. The topological polar surface area (TPSA) is 113 Å².